The van der Waals surface area contributed by atoms with Crippen LogP contribution in [0.15, 0.2) is 134 Å². The summed E-state index contributed by atoms with van der Waals surface area (Å²) >= 11 is 0. The number of fused-ring (bicyclic) bond motifs is 4. The Hall–Kier alpha value is -5.69. The number of nitrogens with zero attached hydrogens (tertiary/aromatic N) is 6. The first-order valence-corrected chi connectivity index (χ1v) is 13.0. The molecule has 190 valence electrons. The SMILES string of the molecule is c1ccc(-n2c3ccccc3c3ccc(Oc4cccc(-n5cc6c(ccn6-c6cccnc6)n5)c4)cc32)nc1. The van der Waals surface area contributed by atoms with Crippen LogP contribution in [0, 0.1) is 0 Å². The number of benzene rings is 3. The fourth-order valence-electron chi connectivity index (χ4n) is 5.33. The zero-order valence-corrected chi connectivity index (χ0v) is 21.3. The van der Waals surface area contributed by atoms with Gasteiger partial charge in [-0.25, -0.2) is 9.67 Å². The van der Waals surface area contributed by atoms with Crippen LogP contribution in [0.3, 0.4) is 0 Å². The molecule has 0 atom stereocenters. The Balaban J connectivity index is 1.17. The van der Waals surface area contributed by atoms with Gasteiger partial charge < -0.3 is 9.30 Å². The molecule has 0 saturated heterocycles. The quantitative estimate of drug-likeness (QED) is 0.237. The molecule has 0 amide bonds. The summed E-state index contributed by atoms with van der Waals surface area (Å²) in [5, 5.41) is 7.13. The van der Waals surface area contributed by atoms with Crippen molar-refractivity contribution in [3.8, 4) is 28.7 Å². The summed E-state index contributed by atoms with van der Waals surface area (Å²) in [6.07, 6.45) is 9.47. The minimum atomic E-state index is 0.729. The number of rotatable bonds is 5. The van der Waals surface area contributed by atoms with E-state index >= 15 is 0 Å². The molecule has 0 N–H and O–H groups in total. The van der Waals surface area contributed by atoms with Crippen LogP contribution in [0.2, 0.25) is 0 Å². The molecule has 3 aromatic carbocycles. The minimum absolute atomic E-state index is 0.729. The van der Waals surface area contributed by atoms with Gasteiger partial charge in [0, 0.05) is 41.5 Å². The van der Waals surface area contributed by atoms with Gasteiger partial charge in [0.05, 0.1) is 40.3 Å². The predicted molar refractivity (Wildman–Crippen MR) is 157 cm³/mol. The highest BCUT2D eigenvalue weighted by molar-refractivity contribution is 6.09. The predicted octanol–water partition coefficient (Wildman–Crippen LogP) is 7.50. The molecule has 5 aromatic heterocycles. The molecule has 0 spiro atoms. The molecule has 0 fully saturated rings. The summed E-state index contributed by atoms with van der Waals surface area (Å²) in [6.45, 7) is 0. The molecule has 0 aliphatic rings. The molecule has 40 heavy (non-hydrogen) atoms. The molecular formula is C33H22N6O. The number of para-hydroxylation sites is 1. The molecule has 0 aliphatic carbocycles. The molecular weight excluding hydrogens is 496 g/mol. The maximum absolute atomic E-state index is 6.40. The van der Waals surface area contributed by atoms with Gasteiger partial charge in [0.15, 0.2) is 0 Å². The Morgan fingerprint density at radius 2 is 1.50 bits per heavy atom. The molecule has 0 saturated carbocycles. The van der Waals surface area contributed by atoms with Crippen molar-refractivity contribution >= 4 is 32.8 Å². The van der Waals surface area contributed by atoms with Gasteiger partial charge in [-0.3, -0.25) is 9.55 Å². The first kappa shape index (κ1) is 22.3. The lowest BCUT2D eigenvalue weighted by Gasteiger charge is -2.10. The van der Waals surface area contributed by atoms with E-state index < -0.39 is 0 Å². The fraction of sp³-hybridized carbons (Fsp3) is 0. The average Bonchev–Trinajstić information content (AvgIpc) is 3.69. The number of aromatic nitrogens is 6. The summed E-state index contributed by atoms with van der Waals surface area (Å²) < 4.78 is 12.5. The van der Waals surface area contributed by atoms with E-state index in [0.29, 0.717) is 0 Å². The highest BCUT2D eigenvalue weighted by Crippen LogP contribution is 2.35. The fourth-order valence-corrected chi connectivity index (χ4v) is 5.33. The third-order valence-corrected chi connectivity index (χ3v) is 7.13. The van der Waals surface area contributed by atoms with Crippen molar-refractivity contribution in [3.05, 3.63) is 134 Å². The molecule has 0 radical (unpaired) electrons. The smallest absolute Gasteiger partial charge is 0.137 e. The van der Waals surface area contributed by atoms with E-state index in [0.717, 1.165) is 56.1 Å². The van der Waals surface area contributed by atoms with E-state index in [4.69, 9.17) is 9.84 Å². The molecule has 7 heteroatoms. The van der Waals surface area contributed by atoms with Gasteiger partial charge >= 0.3 is 0 Å². The van der Waals surface area contributed by atoms with E-state index in [1.54, 1.807) is 6.20 Å². The second-order valence-electron chi connectivity index (χ2n) is 9.56. The van der Waals surface area contributed by atoms with Crippen molar-refractivity contribution in [1.82, 2.24) is 28.9 Å². The standard InChI is InChI=1S/C33H22N6O/c1-2-11-30-27(10-1)28-14-13-26(20-31(28)39(30)33-12-3-4-17-35-33)40-25-9-5-7-23(19-25)38-22-32-29(36-38)15-18-37(32)24-8-6-16-34-21-24/h1-22H. The highest BCUT2D eigenvalue weighted by Gasteiger charge is 2.14. The second kappa shape index (κ2) is 8.96. The summed E-state index contributed by atoms with van der Waals surface area (Å²) in [6, 6.07) is 34.5. The van der Waals surface area contributed by atoms with E-state index in [-0.39, 0.29) is 0 Å². The minimum Gasteiger partial charge on any atom is -0.457 e. The van der Waals surface area contributed by atoms with E-state index in [9.17, 15) is 0 Å². The Kier molecular flexibility index (Phi) is 4.99. The first-order chi connectivity index (χ1) is 19.8. The van der Waals surface area contributed by atoms with E-state index in [2.05, 4.69) is 55.5 Å². The van der Waals surface area contributed by atoms with Gasteiger partial charge in [-0.1, -0.05) is 30.3 Å². The molecule has 5 heterocycles. The number of hydrogen-bond donors (Lipinski definition) is 0. The van der Waals surface area contributed by atoms with Gasteiger partial charge in [0.2, 0.25) is 0 Å². The van der Waals surface area contributed by atoms with Crippen LogP contribution in [-0.4, -0.2) is 28.9 Å². The third kappa shape index (κ3) is 3.64. The molecule has 7 nitrogen and oxygen atoms in total. The van der Waals surface area contributed by atoms with Crippen LogP contribution in [0.4, 0.5) is 0 Å². The number of pyridine rings is 2. The lowest BCUT2D eigenvalue weighted by atomic mass is 10.1. The van der Waals surface area contributed by atoms with Crippen LogP contribution in [0.25, 0.3) is 50.0 Å². The molecule has 8 rings (SSSR count). The Morgan fingerprint density at radius 3 is 2.40 bits per heavy atom. The molecule has 0 unspecified atom stereocenters. The Morgan fingerprint density at radius 1 is 0.625 bits per heavy atom. The van der Waals surface area contributed by atoms with Crippen molar-refractivity contribution in [3.63, 3.8) is 0 Å². The maximum Gasteiger partial charge on any atom is 0.137 e. The van der Waals surface area contributed by atoms with E-state index in [1.165, 1.54) is 5.39 Å². The third-order valence-electron chi connectivity index (χ3n) is 7.13. The van der Waals surface area contributed by atoms with E-state index in [1.807, 2.05) is 96.2 Å². The molecule has 8 aromatic rings. The number of ether oxygens (including phenoxy) is 1. The van der Waals surface area contributed by atoms with Gasteiger partial charge in [-0.2, -0.15) is 5.10 Å². The summed E-state index contributed by atoms with van der Waals surface area (Å²) in [5.41, 5.74) is 5.97. The Bertz CT molecular complexity index is 2140. The van der Waals surface area contributed by atoms with Crippen LogP contribution in [-0.2, 0) is 0 Å². The van der Waals surface area contributed by atoms with Gasteiger partial charge in [-0.15, -0.1) is 0 Å². The first-order valence-electron chi connectivity index (χ1n) is 13.0. The zero-order valence-electron chi connectivity index (χ0n) is 21.3. The summed E-state index contributed by atoms with van der Waals surface area (Å²) in [4.78, 5) is 8.87. The zero-order chi connectivity index (χ0) is 26.5. The van der Waals surface area contributed by atoms with Gasteiger partial charge in [-0.05, 0) is 60.7 Å². The van der Waals surface area contributed by atoms with Crippen LogP contribution in [0.1, 0.15) is 0 Å². The Labute approximate surface area is 229 Å². The van der Waals surface area contributed by atoms with Crippen molar-refractivity contribution in [2.45, 2.75) is 0 Å². The maximum atomic E-state index is 6.40. The summed E-state index contributed by atoms with van der Waals surface area (Å²) in [7, 11) is 0. The van der Waals surface area contributed by atoms with Crippen molar-refractivity contribution in [1.29, 1.82) is 0 Å². The summed E-state index contributed by atoms with van der Waals surface area (Å²) in [5.74, 6) is 2.35. The van der Waals surface area contributed by atoms with Gasteiger partial charge in [0.1, 0.15) is 22.8 Å². The van der Waals surface area contributed by atoms with Crippen molar-refractivity contribution in [2.75, 3.05) is 0 Å². The van der Waals surface area contributed by atoms with Crippen LogP contribution < -0.4 is 4.74 Å². The molecule has 0 aliphatic heterocycles. The normalized spacial score (nSPS) is 11.5. The van der Waals surface area contributed by atoms with Crippen molar-refractivity contribution in [2.24, 2.45) is 0 Å². The van der Waals surface area contributed by atoms with Crippen LogP contribution in [0.5, 0.6) is 11.5 Å². The molecule has 0 bridgehead atoms. The average molecular weight is 519 g/mol. The lowest BCUT2D eigenvalue weighted by Crippen LogP contribution is -1.97. The van der Waals surface area contributed by atoms with Crippen molar-refractivity contribution < 1.29 is 4.74 Å². The lowest BCUT2D eigenvalue weighted by molar-refractivity contribution is 0.483. The highest BCUT2D eigenvalue weighted by atomic mass is 16.5. The second-order valence-corrected chi connectivity index (χ2v) is 9.56. The van der Waals surface area contributed by atoms with Crippen LogP contribution >= 0.6 is 0 Å². The largest absolute Gasteiger partial charge is 0.457 e. The van der Waals surface area contributed by atoms with Gasteiger partial charge in [0.25, 0.3) is 0 Å². The number of hydrogen-bond acceptors (Lipinski definition) is 4. The topological polar surface area (TPSA) is 62.7 Å². The monoisotopic (exact) mass is 518 g/mol.